The molecule has 1 aliphatic heterocycles. The molecule has 78 valence electrons. The zero-order chi connectivity index (χ0) is 10.7. The first kappa shape index (κ1) is 8.89. The molecular formula is C12H13NO2. The fourth-order valence-corrected chi connectivity index (χ4v) is 3.35. The standard InChI is InChI=1S/C12H13NO2/c1-5(2)8-6-3-4-7(8)10-9(6)11(14)13-12(10)15/h3-4,6-7,9-10H,1-2H3,(H,13,14,15)/t6-,7-,9-,10-/m1/s1. The summed E-state index contributed by atoms with van der Waals surface area (Å²) >= 11 is 0. The Morgan fingerprint density at radius 3 is 1.93 bits per heavy atom. The number of rotatable bonds is 0. The number of nitrogens with one attached hydrogen (secondary N) is 1. The molecule has 0 aromatic rings. The summed E-state index contributed by atoms with van der Waals surface area (Å²) in [6, 6.07) is 0. The van der Waals surface area contributed by atoms with E-state index in [0.29, 0.717) is 0 Å². The highest BCUT2D eigenvalue weighted by Gasteiger charge is 2.58. The number of hydrogen-bond acceptors (Lipinski definition) is 2. The highest BCUT2D eigenvalue weighted by atomic mass is 16.2. The van der Waals surface area contributed by atoms with Crippen molar-refractivity contribution in [3.8, 4) is 0 Å². The number of amides is 2. The van der Waals surface area contributed by atoms with Crippen LogP contribution in [0.15, 0.2) is 23.3 Å². The molecule has 2 amide bonds. The molecule has 1 saturated carbocycles. The Hall–Kier alpha value is -1.38. The largest absolute Gasteiger partial charge is 0.296 e. The molecule has 3 nitrogen and oxygen atoms in total. The monoisotopic (exact) mass is 203 g/mol. The van der Waals surface area contributed by atoms with Crippen LogP contribution >= 0.6 is 0 Å². The number of hydrogen-bond donors (Lipinski definition) is 1. The van der Waals surface area contributed by atoms with Gasteiger partial charge in [-0.25, -0.2) is 0 Å². The van der Waals surface area contributed by atoms with Gasteiger partial charge in [0.2, 0.25) is 11.8 Å². The molecule has 15 heavy (non-hydrogen) atoms. The molecule has 3 heteroatoms. The van der Waals surface area contributed by atoms with Crippen LogP contribution in [0, 0.1) is 23.7 Å². The molecule has 2 bridgehead atoms. The number of allylic oxidation sites excluding steroid dienone is 4. The third kappa shape index (κ3) is 0.907. The third-order valence-electron chi connectivity index (χ3n) is 3.83. The quantitative estimate of drug-likeness (QED) is 0.472. The van der Waals surface area contributed by atoms with Crippen molar-refractivity contribution in [1.29, 1.82) is 0 Å². The lowest BCUT2D eigenvalue weighted by molar-refractivity contribution is -0.126. The number of fused-ring (bicyclic) bond motifs is 5. The highest BCUT2D eigenvalue weighted by molar-refractivity contribution is 6.07. The Labute approximate surface area is 88.2 Å². The zero-order valence-electron chi connectivity index (χ0n) is 8.78. The van der Waals surface area contributed by atoms with Crippen molar-refractivity contribution in [2.24, 2.45) is 23.7 Å². The van der Waals surface area contributed by atoms with Gasteiger partial charge in [0, 0.05) is 11.8 Å². The number of imide groups is 1. The highest BCUT2D eigenvalue weighted by Crippen LogP contribution is 2.54. The van der Waals surface area contributed by atoms with Gasteiger partial charge in [-0.15, -0.1) is 0 Å². The SMILES string of the molecule is CC(C)=C1[C@H]2C=C[C@H]1[C@H]1C(=O)NC(=O)[C@@H]12. The number of carbonyl (C=O) groups excluding carboxylic acids is 2. The van der Waals surface area contributed by atoms with E-state index in [-0.39, 0.29) is 35.5 Å². The van der Waals surface area contributed by atoms with E-state index in [0.717, 1.165) is 0 Å². The van der Waals surface area contributed by atoms with E-state index >= 15 is 0 Å². The van der Waals surface area contributed by atoms with Gasteiger partial charge in [0.15, 0.2) is 0 Å². The van der Waals surface area contributed by atoms with Gasteiger partial charge in [-0.05, 0) is 13.8 Å². The van der Waals surface area contributed by atoms with Gasteiger partial charge < -0.3 is 0 Å². The van der Waals surface area contributed by atoms with Gasteiger partial charge >= 0.3 is 0 Å². The fourth-order valence-electron chi connectivity index (χ4n) is 3.35. The lowest BCUT2D eigenvalue weighted by atomic mass is 9.85. The van der Waals surface area contributed by atoms with E-state index in [1.807, 2.05) is 0 Å². The Morgan fingerprint density at radius 2 is 1.53 bits per heavy atom. The average molecular weight is 203 g/mol. The van der Waals surface area contributed by atoms with Crippen LogP contribution in [0.1, 0.15) is 13.8 Å². The molecular weight excluding hydrogens is 190 g/mol. The molecule has 2 fully saturated rings. The van der Waals surface area contributed by atoms with E-state index in [9.17, 15) is 9.59 Å². The Kier molecular flexibility index (Phi) is 1.54. The van der Waals surface area contributed by atoms with E-state index < -0.39 is 0 Å². The smallest absolute Gasteiger partial charge is 0.231 e. The zero-order valence-corrected chi connectivity index (χ0v) is 8.78. The van der Waals surface area contributed by atoms with Gasteiger partial charge in [-0.3, -0.25) is 14.9 Å². The maximum Gasteiger partial charge on any atom is 0.231 e. The van der Waals surface area contributed by atoms with Gasteiger partial charge in [0.1, 0.15) is 0 Å². The lowest BCUT2D eigenvalue weighted by Gasteiger charge is -2.13. The van der Waals surface area contributed by atoms with E-state index in [1.54, 1.807) is 0 Å². The van der Waals surface area contributed by atoms with Crippen LogP contribution in [0.2, 0.25) is 0 Å². The molecule has 2 aliphatic carbocycles. The first-order valence-corrected chi connectivity index (χ1v) is 5.31. The maximum absolute atomic E-state index is 11.6. The van der Waals surface area contributed by atoms with Crippen LogP contribution in [0.3, 0.4) is 0 Å². The van der Waals surface area contributed by atoms with Crippen LogP contribution < -0.4 is 5.32 Å². The Bertz CT molecular complexity index is 397. The molecule has 1 N–H and O–H groups in total. The third-order valence-corrected chi connectivity index (χ3v) is 3.83. The van der Waals surface area contributed by atoms with Gasteiger partial charge in [0.25, 0.3) is 0 Å². The van der Waals surface area contributed by atoms with Crippen molar-refractivity contribution in [3.05, 3.63) is 23.3 Å². The molecule has 1 saturated heterocycles. The van der Waals surface area contributed by atoms with Crippen molar-refractivity contribution < 1.29 is 9.59 Å². The number of carbonyl (C=O) groups is 2. The van der Waals surface area contributed by atoms with Gasteiger partial charge in [0.05, 0.1) is 11.8 Å². The minimum atomic E-state index is -0.127. The van der Waals surface area contributed by atoms with Crippen LogP contribution in [0.5, 0.6) is 0 Å². The summed E-state index contributed by atoms with van der Waals surface area (Å²) in [5.41, 5.74) is 2.55. The van der Waals surface area contributed by atoms with Crippen molar-refractivity contribution >= 4 is 11.8 Å². The molecule has 4 atom stereocenters. The molecule has 0 aromatic carbocycles. The Morgan fingerprint density at radius 1 is 1.07 bits per heavy atom. The first-order chi connectivity index (χ1) is 7.11. The van der Waals surface area contributed by atoms with Crippen LogP contribution in [-0.4, -0.2) is 11.8 Å². The molecule has 3 rings (SSSR count). The minimum absolute atomic E-state index is 0.0828. The predicted molar refractivity (Wildman–Crippen MR) is 54.6 cm³/mol. The topological polar surface area (TPSA) is 46.2 Å². The van der Waals surface area contributed by atoms with Crippen LogP contribution in [-0.2, 0) is 9.59 Å². The Balaban J connectivity index is 2.13. The molecule has 1 heterocycles. The fraction of sp³-hybridized carbons (Fsp3) is 0.500. The van der Waals surface area contributed by atoms with Crippen LogP contribution in [0.4, 0.5) is 0 Å². The second-order valence-electron chi connectivity index (χ2n) is 4.80. The van der Waals surface area contributed by atoms with Crippen molar-refractivity contribution in [2.45, 2.75) is 13.8 Å². The summed E-state index contributed by atoms with van der Waals surface area (Å²) in [6.07, 6.45) is 4.18. The normalized spacial score (nSPS) is 41.1. The van der Waals surface area contributed by atoms with E-state index in [4.69, 9.17) is 0 Å². The van der Waals surface area contributed by atoms with E-state index in [2.05, 4.69) is 31.3 Å². The summed E-state index contributed by atoms with van der Waals surface area (Å²) in [7, 11) is 0. The van der Waals surface area contributed by atoms with E-state index in [1.165, 1.54) is 11.1 Å². The molecule has 3 aliphatic rings. The van der Waals surface area contributed by atoms with Gasteiger partial charge in [-0.1, -0.05) is 23.3 Å². The summed E-state index contributed by atoms with van der Waals surface area (Å²) in [6.45, 7) is 4.12. The molecule has 0 spiro atoms. The molecule has 0 radical (unpaired) electrons. The summed E-state index contributed by atoms with van der Waals surface area (Å²) in [5.74, 6) is -0.0658. The first-order valence-electron chi connectivity index (χ1n) is 5.31. The van der Waals surface area contributed by atoms with Gasteiger partial charge in [-0.2, -0.15) is 0 Å². The summed E-state index contributed by atoms with van der Waals surface area (Å²) in [4.78, 5) is 23.3. The second-order valence-corrected chi connectivity index (χ2v) is 4.80. The predicted octanol–water partition coefficient (Wildman–Crippen LogP) is 1.03. The second kappa shape index (κ2) is 2.60. The minimum Gasteiger partial charge on any atom is -0.296 e. The average Bonchev–Trinajstić information content (AvgIpc) is 2.77. The summed E-state index contributed by atoms with van der Waals surface area (Å²) in [5, 5.41) is 2.44. The van der Waals surface area contributed by atoms with Crippen molar-refractivity contribution in [1.82, 2.24) is 5.32 Å². The summed E-state index contributed by atoms with van der Waals surface area (Å²) < 4.78 is 0. The van der Waals surface area contributed by atoms with Crippen LogP contribution in [0.25, 0.3) is 0 Å². The van der Waals surface area contributed by atoms with Crippen molar-refractivity contribution in [3.63, 3.8) is 0 Å². The molecule has 0 aromatic heterocycles. The lowest BCUT2D eigenvalue weighted by Crippen LogP contribution is -2.26. The van der Waals surface area contributed by atoms with Crippen molar-refractivity contribution in [2.75, 3.05) is 0 Å². The maximum atomic E-state index is 11.6. The molecule has 0 unspecified atom stereocenters.